The number of phenols is 1. The summed E-state index contributed by atoms with van der Waals surface area (Å²) in [4.78, 5) is 8.78. The Balaban J connectivity index is 1.88. The van der Waals surface area contributed by atoms with Crippen LogP contribution >= 0.6 is 11.6 Å². The highest BCUT2D eigenvalue weighted by Gasteiger charge is 2.15. The zero-order valence-corrected chi connectivity index (χ0v) is 14.2. The van der Waals surface area contributed by atoms with Crippen molar-refractivity contribution >= 4 is 28.8 Å². The van der Waals surface area contributed by atoms with Gasteiger partial charge in [-0.05, 0) is 36.8 Å². The predicted molar refractivity (Wildman–Crippen MR) is 99.6 cm³/mol. The number of aryl methyl sites for hydroxylation is 1. The van der Waals surface area contributed by atoms with Crippen molar-refractivity contribution in [2.24, 2.45) is 0 Å². The Bertz CT molecular complexity index is 1070. The van der Waals surface area contributed by atoms with Gasteiger partial charge in [-0.2, -0.15) is 0 Å². The fourth-order valence-electron chi connectivity index (χ4n) is 2.69. The summed E-state index contributed by atoms with van der Waals surface area (Å²) in [5.41, 5.74) is 4.12. The molecule has 5 nitrogen and oxygen atoms in total. The highest BCUT2D eigenvalue weighted by atomic mass is 35.5. The van der Waals surface area contributed by atoms with E-state index in [9.17, 15) is 5.11 Å². The molecular weight excluding hydrogens is 336 g/mol. The molecule has 0 atom stereocenters. The maximum absolute atomic E-state index is 9.81. The number of aromatic nitrogens is 3. The van der Waals surface area contributed by atoms with Crippen LogP contribution in [0.3, 0.4) is 0 Å². The van der Waals surface area contributed by atoms with Gasteiger partial charge in [0.1, 0.15) is 17.3 Å². The number of hydrogen-bond donors (Lipinski definition) is 2. The Kier molecular flexibility index (Phi) is 3.78. The molecule has 2 N–H and O–H groups in total. The van der Waals surface area contributed by atoms with Gasteiger partial charge in [-0.25, -0.2) is 4.98 Å². The first-order valence-electron chi connectivity index (χ1n) is 7.76. The Hall–Kier alpha value is -3.05. The first-order chi connectivity index (χ1) is 12.1. The van der Waals surface area contributed by atoms with Crippen LogP contribution in [-0.4, -0.2) is 19.5 Å². The van der Waals surface area contributed by atoms with Crippen LogP contribution in [0.2, 0.25) is 5.02 Å². The number of aromatic hydroxyl groups is 1. The Morgan fingerprint density at radius 3 is 2.84 bits per heavy atom. The molecule has 2 aromatic carbocycles. The van der Waals surface area contributed by atoms with E-state index >= 15 is 0 Å². The molecular formula is C19H15ClN4O. The van der Waals surface area contributed by atoms with Crippen LogP contribution in [0.25, 0.3) is 16.9 Å². The van der Waals surface area contributed by atoms with Crippen LogP contribution in [0, 0.1) is 6.92 Å². The van der Waals surface area contributed by atoms with Crippen LogP contribution in [0.5, 0.6) is 5.75 Å². The third kappa shape index (κ3) is 2.90. The fourth-order valence-corrected chi connectivity index (χ4v) is 2.87. The first kappa shape index (κ1) is 15.5. The van der Waals surface area contributed by atoms with Crippen molar-refractivity contribution in [2.75, 3.05) is 5.32 Å². The highest BCUT2D eigenvalue weighted by molar-refractivity contribution is 6.31. The fraction of sp³-hybridized carbons (Fsp3) is 0.0526. The lowest BCUT2D eigenvalue weighted by Gasteiger charge is -2.10. The number of hydrogen-bond acceptors (Lipinski definition) is 4. The molecule has 0 aliphatic carbocycles. The number of benzene rings is 2. The number of nitrogens with zero attached hydrogens (tertiary/aromatic N) is 3. The molecule has 0 saturated carbocycles. The normalized spacial score (nSPS) is 11.0. The molecule has 2 heterocycles. The first-order valence-corrected chi connectivity index (χ1v) is 8.14. The summed E-state index contributed by atoms with van der Waals surface area (Å²) < 4.78 is 1.92. The lowest BCUT2D eigenvalue weighted by molar-refractivity contribution is 0.475. The lowest BCUT2D eigenvalue weighted by Crippen LogP contribution is -1.97. The van der Waals surface area contributed by atoms with E-state index in [1.165, 1.54) is 0 Å². The van der Waals surface area contributed by atoms with Crippen molar-refractivity contribution < 1.29 is 5.11 Å². The van der Waals surface area contributed by atoms with Crippen LogP contribution < -0.4 is 5.32 Å². The number of halogens is 1. The van der Waals surface area contributed by atoms with Crippen molar-refractivity contribution in [1.82, 2.24) is 14.4 Å². The van der Waals surface area contributed by atoms with Gasteiger partial charge in [-0.1, -0.05) is 29.8 Å². The van der Waals surface area contributed by atoms with Crippen molar-refractivity contribution in [3.8, 4) is 17.0 Å². The van der Waals surface area contributed by atoms with Gasteiger partial charge in [0.2, 0.25) is 0 Å². The number of fused-ring (bicyclic) bond motifs is 1. The molecule has 124 valence electrons. The average molecular weight is 351 g/mol. The van der Waals surface area contributed by atoms with E-state index in [2.05, 4.69) is 15.3 Å². The molecule has 0 aliphatic rings. The topological polar surface area (TPSA) is 62.5 Å². The highest BCUT2D eigenvalue weighted by Crippen LogP contribution is 2.33. The van der Waals surface area contributed by atoms with Crippen LogP contribution in [0.1, 0.15) is 5.56 Å². The number of phenolic OH excluding ortho intramolecular Hbond substituents is 1. The Morgan fingerprint density at radius 2 is 2.04 bits per heavy atom. The zero-order chi connectivity index (χ0) is 17.4. The summed E-state index contributed by atoms with van der Waals surface area (Å²) in [5, 5.41) is 13.9. The second-order valence-corrected chi connectivity index (χ2v) is 6.16. The van der Waals surface area contributed by atoms with Gasteiger partial charge in [-0.3, -0.25) is 9.38 Å². The number of rotatable bonds is 3. The molecule has 0 fully saturated rings. The predicted octanol–water partition coefficient (Wildman–Crippen LogP) is 4.81. The molecule has 4 rings (SSSR count). The second kappa shape index (κ2) is 6.11. The molecule has 0 bridgehead atoms. The van der Waals surface area contributed by atoms with Gasteiger partial charge in [0.15, 0.2) is 5.65 Å². The molecule has 0 radical (unpaired) electrons. The van der Waals surface area contributed by atoms with Gasteiger partial charge >= 0.3 is 0 Å². The van der Waals surface area contributed by atoms with Crippen molar-refractivity contribution in [3.05, 3.63) is 71.6 Å². The molecule has 2 aromatic heterocycles. The van der Waals surface area contributed by atoms with E-state index < -0.39 is 0 Å². The molecule has 0 spiro atoms. The van der Waals surface area contributed by atoms with E-state index in [0.717, 1.165) is 28.3 Å². The summed E-state index contributed by atoms with van der Waals surface area (Å²) in [6.07, 6.45) is 5.24. The van der Waals surface area contributed by atoms with Crippen LogP contribution in [0.15, 0.2) is 61.1 Å². The number of nitrogens with one attached hydrogen (secondary N) is 1. The van der Waals surface area contributed by atoms with E-state index in [-0.39, 0.29) is 5.75 Å². The minimum Gasteiger partial charge on any atom is -0.508 e. The average Bonchev–Trinajstić information content (AvgIpc) is 2.97. The van der Waals surface area contributed by atoms with Crippen molar-refractivity contribution in [3.63, 3.8) is 0 Å². The van der Waals surface area contributed by atoms with Gasteiger partial charge in [0.25, 0.3) is 0 Å². The van der Waals surface area contributed by atoms with Crippen LogP contribution in [-0.2, 0) is 0 Å². The summed E-state index contributed by atoms with van der Waals surface area (Å²) in [5.74, 6) is 0.972. The van der Waals surface area contributed by atoms with Crippen LogP contribution in [0.4, 0.5) is 11.5 Å². The third-order valence-electron chi connectivity index (χ3n) is 3.98. The largest absolute Gasteiger partial charge is 0.508 e. The van der Waals surface area contributed by atoms with E-state index in [0.29, 0.717) is 10.7 Å². The smallest absolute Gasteiger partial charge is 0.157 e. The second-order valence-electron chi connectivity index (χ2n) is 5.75. The molecule has 4 aromatic rings. The maximum atomic E-state index is 9.81. The van der Waals surface area contributed by atoms with Crippen molar-refractivity contribution in [2.45, 2.75) is 6.92 Å². The molecule has 25 heavy (non-hydrogen) atoms. The SMILES string of the molecule is Cc1ccc(Nc2c(-c3cccc(O)c3)nc3cnccn23)cc1Cl. The molecule has 0 amide bonds. The van der Waals surface area contributed by atoms with Crippen molar-refractivity contribution in [1.29, 1.82) is 0 Å². The monoisotopic (exact) mass is 350 g/mol. The standard InChI is InChI=1S/C19H15ClN4O/c1-12-5-6-14(10-16(12)20)22-19-18(13-3-2-4-15(25)9-13)23-17-11-21-7-8-24(17)19/h2-11,22,25H,1H3. The minimum atomic E-state index is 0.192. The summed E-state index contributed by atoms with van der Waals surface area (Å²) in [6.45, 7) is 1.96. The van der Waals surface area contributed by atoms with E-state index in [4.69, 9.17) is 11.6 Å². The summed E-state index contributed by atoms with van der Waals surface area (Å²) in [7, 11) is 0. The molecule has 0 unspecified atom stereocenters. The molecule has 6 heteroatoms. The number of imidazole rings is 1. The van der Waals surface area contributed by atoms with E-state index in [1.807, 2.05) is 41.8 Å². The lowest BCUT2D eigenvalue weighted by atomic mass is 10.1. The maximum Gasteiger partial charge on any atom is 0.157 e. The van der Waals surface area contributed by atoms with Gasteiger partial charge in [-0.15, -0.1) is 0 Å². The zero-order valence-electron chi connectivity index (χ0n) is 13.4. The number of anilines is 2. The molecule has 0 saturated heterocycles. The summed E-state index contributed by atoms with van der Waals surface area (Å²) >= 11 is 6.24. The van der Waals surface area contributed by atoms with Gasteiger partial charge in [0, 0.05) is 28.7 Å². The van der Waals surface area contributed by atoms with Gasteiger partial charge in [0.05, 0.1) is 6.20 Å². The Morgan fingerprint density at radius 1 is 1.16 bits per heavy atom. The third-order valence-corrected chi connectivity index (χ3v) is 4.39. The van der Waals surface area contributed by atoms with Gasteiger partial charge < -0.3 is 10.4 Å². The minimum absolute atomic E-state index is 0.192. The quantitative estimate of drug-likeness (QED) is 0.556. The van der Waals surface area contributed by atoms with E-state index in [1.54, 1.807) is 30.6 Å². The summed E-state index contributed by atoms with van der Waals surface area (Å²) in [6, 6.07) is 12.8. The molecule has 0 aliphatic heterocycles. The Labute approximate surface area is 149 Å².